The first-order valence-electron chi connectivity index (χ1n) is 8.18. The first kappa shape index (κ1) is 14.7. The molecule has 2 N–H and O–H groups in total. The van der Waals surface area contributed by atoms with Gasteiger partial charge in [0.15, 0.2) is 4.96 Å². The summed E-state index contributed by atoms with van der Waals surface area (Å²) >= 11 is 1.84. The molecule has 1 aromatic carbocycles. The predicted octanol–water partition coefficient (Wildman–Crippen LogP) is 3.45. The monoisotopic (exact) mass is 327 g/mol. The first-order valence-corrected chi connectivity index (χ1v) is 9.00. The van der Waals surface area contributed by atoms with E-state index in [1.165, 1.54) is 35.5 Å². The fourth-order valence-electron chi connectivity index (χ4n) is 3.47. The molecule has 0 fully saturated rings. The Balaban J connectivity index is 1.92. The van der Waals surface area contributed by atoms with Crippen molar-refractivity contribution in [2.45, 2.75) is 32.1 Å². The Hall–Kier alpha value is -1.85. The van der Waals surface area contributed by atoms with E-state index in [1.54, 1.807) is 7.11 Å². The third-order valence-corrected chi connectivity index (χ3v) is 5.68. The van der Waals surface area contributed by atoms with Crippen LogP contribution in [0.25, 0.3) is 16.2 Å². The van der Waals surface area contributed by atoms with Crippen LogP contribution >= 0.6 is 11.3 Å². The standard InChI is InChI=1S/C18H21N3OS/c1-22-13-6-4-5-12(11-13)17-15(9-10-19)21-14-7-2-3-8-16(14)23-18(21)20-17/h4-6,11H,2-3,7-10,19H2,1H3. The van der Waals surface area contributed by atoms with Gasteiger partial charge in [-0.15, -0.1) is 11.3 Å². The number of nitrogens with zero attached hydrogens (tertiary/aromatic N) is 2. The third kappa shape index (κ3) is 2.44. The molecule has 1 aliphatic carbocycles. The van der Waals surface area contributed by atoms with Gasteiger partial charge in [0.1, 0.15) is 5.75 Å². The number of aromatic nitrogens is 2. The normalized spacial score (nSPS) is 14.2. The number of hydrogen-bond donors (Lipinski definition) is 1. The molecule has 23 heavy (non-hydrogen) atoms. The summed E-state index contributed by atoms with van der Waals surface area (Å²) in [6, 6.07) is 8.13. The van der Waals surface area contributed by atoms with Gasteiger partial charge in [0.25, 0.3) is 0 Å². The maximum Gasteiger partial charge on any atom is 0.194 e. The van der Waals surface area contributed by atoms with Gasteiger partial charge in [-0.3, -0.25) is 4.40 Å². The summed E-state index contributed by atoms with van der Waals surface area (Å²) < 4.78 is 7.74. The zero-order valence-electron chi connectivity index (χ0n) is 13.3. The van der Waals surface area contributed by atoms with Crippen LogP contribution in [-0.2, 0) is 19.3 Å². The average Bonchev–Trinajstić information content (AvgIpc) is 3.12. The summed E-state index contributed by atoms with van der Waals surface area (Å²) in [6.45, 7) is 0.634. The van der Waals surface area contributed by atoms with Crippen molar-refractivity contribution in [3.63, 3.8) is 0 Å². The van der Waals surface area contributed by atoms with E-state index >= 15 is 0 Å². The van der Waals surface area contributed by atoms with E-state index < -0.39 is 0 Å². The quantitative estimate of drug-likeness (QED) is 0.798. The van der Waals surface area contributed by atoms with E-state index in [0.29, 0.717) is 6.54 Å². The Bertz CT molecular complexity index is 849. The summed E-state index contributed by atoms with van der Waals surface area (Å²) in [6.07, 6.45) is 5.76. The number of imidazole rings is 1. The Kier molecular flexibility index (Phi) is 3.83. The summed E-state index contributed by atoms with van der Waals surface area (Å²) in [5.74, 6) is 0.861. The second kappa shape index (κ2) is 5.98. The van der Waals surface area contributed by atoms with Crippen molar-refractivity contribution in [3.05, 3.63) is 40.5 Å². The van der Waals surface area contributed by atoms with Crippen LogP contribution in [0.3, 0.4) is 0 Å². The van der Waals surface area contributed by atoms with Crippen molar-refractivity contribution in [3.8, 4) is 17.0 Å². The van der Waals surface area contributed by atoms with Gasteiger partial charge in [-0.2, -0.15) is 0 Å². The maximum atomic E-state index is 5.90. The Morgan fingerprint density at radius 3 is 3.00 bits per heavy atom. The summed E-state index contributed by atoms with van der Waals surface area (Å²) in [7, 11) is 1.70. The third-order valence-electron chi connectivity index (χ3n) is 4.54. The zero-order valence-corrected chi connectivity index (χ0v) is 14.2. The lowest BCUT2D eigenvalue weighted by Crippen LogP contribution is -2.09. The van der Waals surface area contributed by atoms with E-state index in [1.807, 2.05) is 23.5 Å². The van der Waals surface area contributed by atoms with Gasteiger partial charge in [0.05, 0.1) is 18.5 Å². The lowest BCUT2D eigenvalue weighted by atomic mass is 10.0. The Morgan fingerprint density at radius 1 is 1.30 bits per heavy atom. The second-order valence-electron chi connectivity index (χ2n) is 5.97. The smallest absolute Gasteiger partial charge is 0.194 e. The number of benzene rings is 1. The van der Waals surface area contributed by atoms with Crippen molar-refractivity contribution in [2.75, 3.05) is 13.7 Å². The van der Waals surface area contributed by atoms with Crippen LogP contribution in [0, 0.1) is 0 Å². The molecule has 120 valence electrons. The van der Waals surface area contributed by atoms with Gasteiger partial charge >= 0.3 is 0 Å². The zero-order chi connectivity index (χ0) is 15.8. The van der Waals surface area contributed by atoms with Gasteiger partial charge in [-0.1, -0.05) is 12.1 Å². The van der Waals surface area contributed by atoms with Crippen molar-refractivity contribution >= 4 is 16.3 Å². The number of rotatable bonds is 4. The van der Waals surface area contributed by atoms with E-state index in [2.05, 4.69) is 16.5 Å². The summed E-state index contributed by atoms with van der Waals surface area (Å²) in [5, 5.41) is 0. The highest BCUT2D eigenvalue weighted by molar-refractivity contribution is 7.17. The van der Waals surface area contributed by atoms with Gasteiger partial charge in [0, 0.05) is 22.6 Å². The second-order valence-corrected chi connectivity index (χ2v) is 7.04. The SMILES string of the molecule is COc1cccc(-c2nc3sc4c(n3c2CCN)CCCC4)c1. The van der Waals surface area contributed by atoms with Crippen molar-refractivity contribution < 1.29 is 4.74 Å². The number of methoxy groups -OCH3 is 1. The number of ether oxygens (including phenoxy) is 1. The fourth-order valence-corrected chi connectivity index (χ4v) is 4.69. The van der Waals surface area contributed by atoms with Crippen LogP contribution in [-0.4, -0.2) is 23.0 Å². The number of thiazole rings is 1. The summed E-state index contributed by atoms with van der Waals surface area (Å²) in [4.78, 5) is 7.57. The molecule has 0 aliphatic heterocycles. The van der Waals surface area contributed by atoms with Gasteiger partial charge in [-0.05, 0) is 44.4 Å². The molecule has 0 bridgehead atoms. The number of fused-ring (bicyclic) bond motifs is 3. The Labute approximate surface area is 139 Å². The molecular weight excluding hydrogens is 306 g/mol. The van der Waals surface area contributed by atoms with Crippen LogP contribution in [0.1, 0.15) is 29.1 Å². The molecule has 5 heteroatoms. The van der Waals surface area contributed by atoms with Crippen LogP contribution in [0.5, 0.6) is 5.75 Å². The number of aryl methyl sites for hydroxylation is 2. The fraction of sp³-hybridized carbons (Fsp3) is 0.389. The Morgan fingerprint density at radius 2 is 2.17 bits per heavy atom. The molecule has 3 aromatic rings. The highest BCUT2D eigenvalue weighted by Crippen LogP contribution is 2.35. The average molecular weight is 327 g/mol. The molecule has 4 rings (SSSR count). The minimum Gasteiger partial charge on any atom is -0.497 e. The van der Waals surface area contributed by atoms with Crippen LogP contribution in [0.2, 0.25) is 0 Å². The molecule has 0 atom stereocenters. The lowest BCUT2D eigenvalue weighted by Gasteiger charge is -2.12. The lowest BCUT2D eigenvalue weighted by molar-refractivity contribution is 0.415. The van der Waals surface area contributed by atoms with Gasteiger partial charge in [0.2, 0.25) is 0 Å². The molecule has 4 nitrogen and oxygen atoms in total. The van der Waals surface area contributed by atoms with E-state index in [9.17, 15) is 0 Å². The van der Waals surface area contributed by atoms with Crippen molar-refractivity contribution in [1.29, 1.82) is 0 Å². The topological polar surface area (TPSA) is 52.5 Å². The number of nitrogens with two attached hydrogens (primary N) is 1. The minimum atomic E-state index is 0.634. The maximum absolute atomic E-state index is 5.90. The van der Waals surface area contributed by atoms with Crippen molar-refractivity contribution in [2.24, 2.45) is 5.73 Å². The largest absolute Gasteiger partial charge is 0.497 e. The molecule has 0 saturated carbocycles. The number of hydrogen-bond acceptors (Lipinski definition) is 4. The minimum absolute atomic E-state index is 0.634. The molecule has 0 amide bonds. The van der Waals surface area contributed by atoms with Crippen molar-refractivity contribution in [1.82, 2.24) is 9.38 Å². The highest BCUT2D eigenvalue weighted by atomic mass is 32.1. The molecule has 0 spiro atoms. The molecule has 0 radical (unpaired) electrons. The van der Waals surface area contributed by atoms with E-state index in [4.69, 9.17) is 15.5 Å². The summed E-state index contributed by atoms with van der Waals surface area (Å²) in [5.41, 5.74) is 10.8. The van der Waals surface area contributed by atoms with Crippen LogP contribution < -0.4 is 10.5 Å². The van der Waals surface area contributed by atoms with Crippen LogP contribution in [0.15, 0.2) is 24.3 Å². The van der Waals surface area contributed by atoms with Gasteiger partial charge in [-0.25, -0.2) is 4.98 Å². The highest BCUT2D eigenvalue weighted by Gasteiger charge is 2.22. The van der Waals surface area contributed by atoms with Crippen LogP contribution in [0.4, 0.5) is 0 Å². The molecule has 1 aliphatic rings. The molecular formula is C18H21N3OS. The first-order chi connectivity index (χ1) is 11.3. The molecule has 0 unspecified atom stereocenters. The van der Waals surface area contributed by atoms with E-state index in [0.717, 1.165) is 34.8 Å². The van der Waals surface area contributed by atoms with E-state index in [-0.39, 0.29) is 0 Å². The molecule has 0 saturated heterocycles. The molecule has 2 heterocycles. The predicted molar refractivity (Wildman–Crippen MR) is 94.5 cm³/mol. The molecule has 2 aromatic heterocycles. The van der Waals surface area contributed by atoms with Gasteiger partial charge < -0.3 is 10.5 Å².